The van der Waals surface area contributed by atoms with Crippen molar-refractivity contribution >= 4 is 27.7 Å². The van der Waals surface area contributed by atoms with E-state index in [1.807, 2.05) is 107 Å². The van der Waals surface area contributed by atoms with Gasteiger partial charge in [-0.2, -0.15) is 0 Å². The SMILES string of the molecule is CCOc1ccc(CCC(=O)N(Cc2cccc(Br)c2)C(Cc2ccccc2)C(=O)NC(C)(C)C)cc1OCC. The molecular weight excluding hydrogens is 568 g/mol. The summed E-state index contributed by atoms with van der Waals surface area (Å²) in [5.74, 6) is 1.11. The first kappa shape index (κ1) is 31.2. The van der Waals surface area contributed by atoms with Crippen LogP contribution in [0, 0.1) is 0 Å². The van der Waals surface area contributed by atoms with Crippen LogP contribution in [0.2, 0.25) is 0 Å². The molecular formula is C33H41BrN2O4. The molecule has 6 nitrogen and oxygen atoms in total. The van der Waals surface area contributed by atoms with Crippen LogP contribution in [0.25, 0.3) is 0 Å². The number of carbonyl (C=O) groups is 2. The number of ether oxygens (including phenoxy) is 2. The molecule has 3 aromatic carbocycles. The number of nitrogens with zero attached hydrogens (tertiary/aromatic N) is 1. The van der Waals surface area contributed by atoms with Crippen molar-refractivity contribution in [1.29, 1.82) is 0 Å². The van der Waals surface area contributed by atoms with Gasteiger partial charge in [0.2, 0.25) is 11.8 Å². The minimum absolute atomic E-state index is 0.0863. The van der Waals surface area contributed by atoms with E-state index in [0.717, 1.165) is 21.2 Å². The highest BCUT2D eigenvalue weighted by Gasteiger charge is 2.32. The Morgan fingerprint density at radius 1 is 0.850 bits per heavy atom. The van der Waals surface area contributed by atoms with Crippen molar-refractivity contribution < 1.29 is 19.1 Å². The number of rotatable bonds is 13. The third kappa shape index (κ3) is 9.70. The Kier molecular flexibility index (Phi) is 11.6. The molecule has 2 amide bonds. The Labute approximate surface area is 247 Å². The Balaban J connectivity index is 1.92. The molecule has 0 aliphatic heterocycles. The highest BCUT2D eigenvalue weighted by molar-refractivity contribution is 9.10. The maximum absolute atomic E-state index is 14.0. The molecule has 0 saturated heterocycles. The summed E-state index contributed by atoms with van der Waals surface area (Å²) in [7, 11) is 0. The molecule has 214 valence electrons. The maximum Gasteiger partial charge on any atom is 0.243 e. The second-order valence-corrected chi connectivity index (χ2v) is 11.7. The van der Waals surface area contributed by atoms with Gasteiger partial charge >= 0.3 is 0 Å². The summed E-state index contributed by atoms with van der Waals surface area (Å²) in [5, 5.41) is 3.11. The number of nitrogens with one attached hydrogen (secondary N) is 1. The normalized spacial score (nSPS) is 11.9. The minimum atomic E-state index is -0.674. The van der Waals surface area contributed by atoms with E-state index in [1.54, 1.807) is 4.90 Å². The van der Waals surface area contributed by atoms with Crippen LogP contribution in [0.15, 0.2) is 77.3 Å². The van der Waals surface area contributed by atoms with Crippen molar-refractivity contribution in [2.24, 2.45) is 0 Å². The van der Waals surface area contributed by atoms with Crippen LogP contribution in [0.1, 0.15) is 57.7 Å². The van der Waals surface area contributed by atoms with Crippen molar-refractivity contribution in [3.05, 3.63) is 94.0 Å². The number of benzene rings is 3. The molecule has 1 N–H and O–H groups in total. The van der Waals surface area contributed by atoms with Gasteiger partial charge in [0.25, 0.3) is 0 Å². The summed E-state index contributed by atoms with van der Waals surface area (Å²) in [5.41, 5.74) is 2.48. The quantitative estimate of drug-likeness (QED) is 0.233. The topological polar surface area (TPSA) is 67.9 Å². The molecule has 0 bridgehead atoms. The van der Waals surface area contributed by atoms with Gasteiger partial charge in [-0.1, -0.05) is 64.5 Å². The van der Waals surface area contributed by atoms with Crippen LogP contribution in [0.5, 0.6) is 11.5 Å². The fraction of sp³-hybridized carbons (Fsp3) is 0.394. The molecule has 3 rings (SSSR count). The third-order valence-electron chi connectivity index (χ3n) is 6.25. The number of hydrogen-bond acceptors (Lipinski definition) is 4. The third-order valence-corrected chi connectivity index (χ3v) is 6.74. The van der Waals surface area contributed by atoms with Crippen LogP contribution in [-0.2, 0) is 29.0 Å². The van der Waals surface area contributed by atoms with E-state index in [0.29, 0.717) is 44.1 Å². The van der Waals surface area contributed by atoms with Gasteiger partial charge in [0.05, 0.1) is 13.2 Å². The zero-order valence-corrected chi connectivity index (χ0v) is 25.8. The molecule has 40 heavy (non-hydrogen) atoms. The Hall–Kier alpha value is -3.32. The fourth-order valence-electron chi connectivity index (χ4n) is 4.48. The van der Waals surface area contributed by atoms with E-state index in [4.69, 9.17) is 9.47 Å². The van der Waals surface area contributed by atoms with Crippen molar-refractivity contribution in [3.63, 3.8) is 0 Å². The van der Waals surface area contributed by atoms with E-state index < -0.39 is 11.6 Å². The minimum Gasteiger partial charge on any atom is -0.490 e. The first-order valence-corrected chi connectivity index (χ1v) is 14.7. The lowest BCUT2D eigenvalue weighted by Gasteiger charge is -2.34. The second kappa shape index (κ2) is 14.9. The smallest absolute Gasteiger partial charge is 0.243 e. The molecule has 0 aliphatic carbocycles. The predicted octanol–water partition coefficient (Wildman–Crippen LogP) is 6.73. The van der Waals surface area contributed by atoms with Gasteiger partial charge in [0, 0.05) is 29.4 Å². The molecule has 7 heteroatoms. The summed E-state index contributed by atoms with van der Waals surface area (Å²) < 4.78 is 12.4. The van der Waals surface area contributed by atoms with Gasteiger partial charge < -0.3 is 19.7 Å². The number of halogens is 1. The first-order chi connectivity index (χ1) is 19.1. The lowest BCUT2D eigenvalue weighted by Crippen LogP contribution is -2.54. The van der Waals surface area contributed by atoms with Crippen molar-refractivity contribution in [3.8, 4) is 11.5 Å². The molecule has 0 aliphatic rings. The van der Waals surface area contributed by atoms with Gasteiger partial charge in [-0.25, -0.2) is 0 Å². The molecule has 3 aromatic rings. The molecule has 0 saturated carbocycles. The maximum atomic E-state index is 14.0. The number of hydrogen-bond donors (Lipinski definition) is 1. The second-order valence-electron chi connectivity index (χ2n) is 10.7. The summed E-state index contributed by atoms with van der Waals surface area (Å²) in [6.45, 7) is 11.1. The first-order valence-electron chi connectivity index (χ1n) is 13.9. The monoisotopic (exact) mass is 608 g/mol. The van der Waals surface area contributed by atoms with Crippen molar-refractivity contribution in [1.82, 2.24) is 10.2 Å². The molecule has 0 aromatic heterocycles. The number of amides is 2. The summed E-state index contributed by atoms with van der Waals surface area (Å²) >= 11 is 3.54. The number of aryl methyl sites for hydroxylation is 1. The van der Waals surface area contributed by atoms with E-state index in [1.165, 1.54) is 0 Å². The highest BCUT2D eigenvalue weighted by atomic mass is 79.9. The largest absolute Gasteiger partial charge is 0.490 e. The zero-order valence-electron chi connectivity index (χ0n) is 24.2. The van der Waals surface area contributed by atoms with Crippen LogP contribution < -0.4 is 14.8 Å². The Morgan fingerprint density at radius 3 is 2.17 bits per heavy atom. The number of carbonyl (C=O) groups excluding carboxylic acids is 2. The van der Waals surface area contributed by atoms with Crippen LogP contribution >= 0.6 is 15.9 Å². The molecule has 0 heterocycles. The van der Waals surface area contributed by atoms with Crippen LogP contribution in [0.3, 0.4) is 0 Å². The van der Waals surface area contributed by atoms with Gasteiger partial charge in [0.1, 0.15) is 6.04 Å². The summed E-state index contributed by atoms with van der Waals surface area (Å²) in [6.07, 6.45) is 1.18. The van der Waals surface area contributed by atoms with Crippen LogP contribution in [0.4, 0.5) is 0 Å². The lowest BCUT2D eigenvalue weighted by molar-refractivity contribution is -0.141. The predicted molar refractivity (Wildman–Crippen MR) is 164 cm³/mol. The molecule has 1 atom stereocenters. The van der Waals surface area contributed by atoms with Gasteiger partial charge in [-0.05, 0) is 82.0 Å². The molecule has 1 unspecified atom stereocenters. The highest BCUT2D eigenvalue weighted by Crippen LogP contribution is 2.29. The Morgan fingerprint density at radius 2 is 1.52 bits per heavy atom. The van der Waals surface area contributed by atoms with E-state index in [2.05, 4.69) is 21.2 Å². The average molecular weight is 610 g/mol. The van der Waals surface area contributed by atoms with Crippen molar-refractivity contribution in [2.75, 3.05) is 13.2 Å². The molecule has 0 spiro atoms. The van der Waals surface area contributed by atoms with Crippen LogP contribution in [-0.4, -0.2) is 41.5 Å². The van der Waals surface area contributed by atoms with Gasteiger partial charge in [0.15, 0.2) is 11.5 Å². The van der Waals surface area contributed by atoms with E-state index in [9.17, 15) is 9.59 Å². The van der Waals surface area contributed by atoms with Crippen molar-refractivity contribution in [2.45, 2.75) is 72.0 Å². The standard InChI is InChI=1S/C33H41BrN2O4/c1-6-39-29-18-16-25(22-30(29)40-7-2)17-19-31(37)36(23-26-14-11-15-27(34)20-26)28(32(38)35-33(3,4)5)21-24-12-9-8-10-13-24/h8-16,18,20,22,28H,6-7,17,19,21,23H2,1-5H3,(H,35,38). The molecule has 0 fully saturated rings. The fourth-order valence-corrected chi connectivity index (χ4v) is 4.93. The lowest BCUT2D eigenvalue weighted by atomic mass is 9.99. The van der Waals surface area contributed by atoms with E-state index >= 15 is 0 Å². The average Bonchev–Trinajstić information content (AvgIpc) is 2.90. The van der Waals surface area contributed by atoms with Gasteiger partial charge in [-0.15, -0.1) is 0 Å². The zero-order chi connectivity index (χ0) is 29.1. The summed E-state index contributed by atoms with van der Waals surface area (Å²) in [6, 6.07) is 22.8. The molecule has 0 radical (unpaired) electrons. The van der Waals surface area contributed by atoms with E-state index in [-0.39, 0.29) is 18.2 Å². The summed E-state index contributed by atoms with van der Waals surface area (Å²) in [4.78, 5) is 29.4. The Bertz CT molecular complexity index is 1260. The van der Waals surface area contributed by atoms with Gasteiger partial charge in [-0.3, -0.25) is 9.59 Å².